The number of hydrogen-bond donors (Lipinski definition) is 0. The number of benzene rings is 4. The van der Waals surface area contributed by atoms with Gasteiger partial charge in [-0.15, -0.1) is 0 Å². The summed E-state index contributed by atoms with van der Waals surface area (Å²) in [4.78, 5) is 89.1. The first kappa shape index (κ1) is 79.8. The number of ether oxygens (including phenoxy) is 11. The normalized spacial score (nSPS) is 11.6. The summed E-state index contributed by atoms with van der Waals surface area (Å²) >= 11 is 0. The number of rotatable bonds is 46. The van der Waals surface area contributed by atoms with Gasteiger partial charge in [0.15, 0.2) is 0 Å². The molecule has 0 fully saturated rings. The van der Waals surface area contributed by atoms with Gasteiger partial charge >= 0.3 is 41.8 Å². The van der Waals surface area contributed by atoms with Crippen molar-refractivity contribution in [2.24, 2.45) is 0 Å². The van der Waals surface area contributed by atoms with E-state index in [0.29, 0.717) is 48.7 Å². The van der Waals surface area contributed by atoms with Crippen molar-refractivity contribution in [1.82, 2.24) is 0 Å². The van der Waals surface area contributed by atoms with Crippen molar-refractivity contribution in [3.05, 3.63) is 127 Å². The Morgan fingerprint density at radius 1 is 0.299 bits per heavy atom. The molecule has 18 heteroatoms. The van der Waals surface area contributed by atoms with Crippen molar-refractivity contribution in [3.8, 4) is 23.0 Å². The van der Waals surface area contributed by atoms with E-state index in [1.165, 1.54) is 0 Å². The van der Waals surface area contributed by atoms with Crippen LogP contribution < -0.4 is 18.9 Å². The van der Waals surface area contributed by atoms with E-state index in [1.54, 1.807) is 27.7 Å². The Hall–Kier alpha value is -7.89. The summed E-state index contributed by atoms with van der Waals surface area (Å²) in [6.45, 7) is 18.8. The van der Waals surface area contributed by atoms with Gasteiger partial charge in [-0.1, -0.05) is 160 Å². The Bertz CT molecular complexity index is 3010. The number of fused-ring (bicyclic) bond motifs is 8. The zero-order valence-electron chi connectivity index (χ0n) is 59.5. The first-order valence-electron chi connectivity index (χ1n) is 35.9. The molecule has 0 radical (unpaired) electrons. The molecule has 8 bridgehead atoms. The summed E-state index contributed by atoms with van der Waals surface area (Å²) in [7, 11) is 0. The zero-order valence-corrected chi connectivity index (χ0v) is 59.5. The predicted octanol–water partition coefficient (Wildman–Crippen LogP) is 15.0. The van der Waals surface area contributed by atoms with Crippen LogP contribution in [-0.2, 0) is 118 Å². The summed E-state index contributed by atoms with van der Waals surface area (Å²) in [5.41, 5.74) is 11.5. The predicted molar refractivity (Wildman–Crippen MR) is 373 cm³/mol. The molecule has 0 unspecified atom stereocenters. The lowest BCUT2D eigenvalue weighted by atomic mass is 9.87. The minimum Gasteiger partial charge on any atom is -0.489 e. The first-order chi connectivity index (χ1) is 47.0. The van der Waals surface area contributed by atoms with Crippen molar-refractivity contribution >= 4 is 41.8 Å². The van der Waals surface area contributed by atoms with Crippen LogP contribution in [0.15, 0.2) is 60.7 Å². The number of aryl methyl sites for hydroxylation is 4. The van der Waals surface area contributed by atoms with Crippen LogP contribution in [0, 0.1) is 0 Å². The second-order valence-electron chi connectivity index (χ2n) is 24.8. The number of carbonyl (C=O) groups is 7. The third-order valence-electron chi connectivity index (χ3n) is 16.5. The highest BCUT2D eigenvalue weighted by Crippen LogP contribution is 2.42. The molecule has 0 aliphatic heterocycles. The van der Waals surface area contributed by atoms with E-state index in [-0.39, 0.29) is 78.2 Å². The number of hydrogen-bond acceptors (Lipinski definition) is 18. The Kier molecular flexibility index (Phi) is 37.5. The van der Waals surface area contributed by atoms with Gasteiger partial charge in [-0.3, -0.25) is 28.8 Å². The van der Waals surface area contributed by atoms with Crippen LogP contribution in [0.3, 0.4) is 0 Å². The fourth-order valence-corrected chi connectivity index (χ4v) is 12.0. The second-order valence-corrected chi connectivity index (χ2v) is 24.8. The van der Waals surface area contributed by atoms with Crippen LogP contribution in [0.4, 0.5) is 0 Å². The topological polar surface area (TPSA) is 221 Å². The van der Waals surface area contributed by atoms with Gasteiger partial charge in [0, 0.05) is 31.3 Å². The molecule has 0 amide bonds. The van der Waals surface area contributed by atoms with Gasteiger partial charge in [-0.25, -0.2) is 4.79 Å². The minimum atomic E-state index is -0.743. The van der Waals surface area contributed by atoms with Gasteiger partial charge in [0.25, 0.3) is 0 Å². The summed E-state index contributed by atoms with van der Waals surface area (Å²) in [5.74, 6) is -2.48. The molecular weight excluding hydrogens is 1240 g/mol. The molecule has 1 aliphatic rings. The van der Waals surface area contributed by atoms with E-state index in [0.717, 1.165) is 195 Å². The standard InChI is InChI=1S/C79H110O18/c1-10-17-21-25-29-57-41-61-49-63-43-58(30-26-22-18-11-2)45-65(76(63)94-37-34-91-73(84)54-70(81)88-15-6)51-67-47-60(32-28-24-20-13-4)48-68(78(67)96-39-40-97-79(86)56(8)9)52-66-46-59(31-27-23-19-12-3)44-64(77(66)95-38-35-92-74(85)55-71(82)89-16-7)50-62(42-57)75(61)93-36-33-90-72(83)53-69(80)87-14-5/h41-48H,8,10-40,49-55H2,1-7,9H3. The fraction of sp³-hybridized carbons (Fsp3) is 0.582. The lowest BCUT2D eigenvalue weighted by molar-refractivity contribution is -0.156. The van der Waals surface area contributed by atoms with Crippen molar-refractivity contribution in [2.75, 3.05) is 72.7 Å². The third-order valence-corrected chi connectivity index (χ3v) is 16.5. The summed E-state index contributed by atoms with van der Waals surface area (Å²) in [6, 6.07) is 17.7. The van der Waals surface area contributed by atoms with Gasteiger partial charge in [0.1, 0.15) is 95.1 Å². The Balaban J connectivity index is 1.92. The lowest BCUT2D eigenvalue weighted by Crippen LogP contribution is -2.18. The van der Waals surface area contributed by atoms with Crippen LogP contribution in [0.5, 0.6) is 23.0 Å². The minimum absolute atomic E-state index is 0.0180. The average Bonchev–Trinajstić information content (AvgIpc) is 0.779. The monoisotopic (exact) mass is 1350 g/mol. The molecule has 18 nitrogen and oxygen atoms in total. The molecule has 4 aromatic carbocycles. The smallest absolute Gasteiger partial charge is 0.333 e. The largest absolute Gasteiger partial charge is 0.489 e. The maximum Gasteiger partial charge on any atom is 0.333 e. The number of esters is 7. The number of unbranched alkanes of at least 4 members (excludes halogenated alkanes) is 12. The highest BCUT2D eigenvalue weighted by atomic mass is 16.6. The van der Waals surface area contributed by atoms with E-state index >= 15 is 0 Å². The highest BCUT2D eigenvalue weighted by molar-refractivity contribution is 5.92. The summed E-state index contributed by atoms with van der Waals surface area (Å²) < 4.78 is 65.7. The van der Waals surface area contributed by atoms with Crippen LogP contribution in [0.25, 0.3) is 0 Å². The van der Waals surface area contributed by atoms with Gasteiger partial charge in [0.05, 0.1) is 19.8 Å². The molecule has 0 saturated carbocycles. The molecule has 534 valence electrons. The molecule has 0 spiro atoms. The highest BCUT2D eigenvalue weighted by Gasteiger charge is 2.26. The van der Waals surface area contributed by atoms with E-state index in [4.69, 9.17) is 52.1 Å². The molecule has 0 atom stereocenters. The van der Waals surface area contributed by atoms with E-state index in [1.807, 2.05) is 0 Å². The molecule has 1 aliphatic carbocycles. The molecular formula is C79H110O18. The SMILES string of the molecule is C=C(C)C(=O)OCCOc1c2cc(CCCCCC)cc1Cc1cc(CCCCCC)cc(c1OCCOC(=O)CC(=O)OCC)Cc1cc(CCCCCC)cc(c1OCCOC(=O)CC(=O)OCC)Cc1cc(CCCCCC)cc(c1OCCOC(=O)CC(=O)OCC)C2. The third kappa shape index (κ3) is 29.4. The molecule has 0 aromatic heterocycles. The Labute approximate surface area is 576 Å². The molecule has 0 saturated heterocycles. The molecule has 4 aromatic rings. The van der Waals surface area contributed by atoms with Crippen molar-refractivity contribution in [1.29, 1.82) is 0 Å². The molecule has 0 heterocycles. The van der Waals surface area contributed by atoms with Gasteiger partial charge in [0.2, 0.25) is 0 Å². The van der Waals surface area contributed by atoms with Gasteiger partial charge in [-0.05, 0) is 146 Å². The summed E-state index contributed by atoms with van der Waals surface area (Å²) in [5, 5.41) is 0. The van der Waals surface area contributed by atoms with Gasteiger partial charge < -0.3 is 52.1 Å². The van der Waals surface area contributed by atoms with Crippen molar-refractivity contribution in [3.63, 3.8) is 0 Å². The average molecular weight is 1350 g/mol. The van der Waals surface area contributed by atoms with Crippen LogP contribution in [0.2, 0.25) is 0 Å². The fourth-order valence-electron chi connectivity index (χ4n) is 12.0. The Morgan fingerprint density at radius 3 is 0.722 bits per heavy atom. The van der Waals surface area contributed by atoms with Crippen LogP contribution >= 0.6 is 0 Å². The summed E-state index contributed by atoms with van der Waals surface area (Å²) in [6.07, 6.45) is 19.2. The molecule has 97 heavy (non-hydrogen) atoms. The molecule has 0 N–H and O–H groups in total. The van der Waals surface area contributed by atoms with Crippen LogP contribution in [0.1, 0.15) is 244 Å². The number of carbonyl (C=O) groups excluding carboxylic acids is 7. The lowest BCUT2D eigenvalue weighted by Gasteiger charge is -2.25. The van der Waals surface area contributed by atoms with Crippen LogP contribution in [-0.4, -0.2) is 114 Å². The quantitative estimate of drug-likeness (QED) is 0.0116. The zero-order chi connectivity index (χ0) is 70.2. The second kappa shape index (κ2) is 45.6. The van der Waals surface area contributed by atoms with Crippen molar-refractivity contribution < 1.29 is 85.7 Å². The van der Waals surface area contributed by atoms with Crippen molar-refractivity contribution in [2.45, 2.75) is 229 Å². The van der Waals surface area contributed by atoms with E-state index in [2.05, 4.69) is 82.8 Å². The van der Waals surface area contributed by atoms with Gasteiger partial charge in [-0.2, -0.15) is 0 Å². The Morgan fingerprint density at radius 2 is 0.515 bits per heavy atom. The molecule has 5 rings (SSSR count). The van der Waals surface area contributed by atoms with E-state index in [9.17, 15) is 33.6 Å². The maximum absolute atomic E-state index is 13.0. The maximum atomic E-state index is 13.0. The first-order valence-corrected chi connectivity index (χ1v) is 35.9. The van der Waals surface area contributed by atoms with E-state index < -0.39 is 61.0 Å².